The molecule has 2 aromatic carbocycles. The van der Waals surface area contributed by atoms with Gasteiger partial charge in [-0.15, -0.1) is 0 Å². The lowest BCUT2D eigenvalue weighted by atomic mass is 9.63. The van der Waals surface area contributed by atoms with Crippen molar-refractivity contribution in [3.05, 3.63) is 76.9 Å². The molecule has 2 fully saturated rings. The summed E-state index contributed by atoms with van der Waals surface area (Å²) < 4.78 is 33.8. The van der Waals surface area contributed by atoms with E-state index in [0.717, 1.165) is 36.2 Å². The van der Waals surface area contributed by atoms with Gasteiger partial charge in [-0.2, -0.15) is 0 Å². The van der Waals surface area contributed by atoms with E-state index in [2.05, 4.69) is 30.9 Å². The largest absolute Gasteiger partial charge is 0.494 e. The zero-order valence-corrected chi connectivity index (χ0v) is 19.7. The van der Waals surface area contributed by atoms with Crippen LogP contribution in [0.1, 0.15) is 80.9 Å². The zero-order valence-electron chi connectivity index (χ0n) is 19.7. The third-order valence-corrected chi connectivity index (χ3v) is 7.64. The van der Waals surface area contributed by atoms with Crippen LogP contribution in [0.5, 0.6) is 5.75 Å². The highest BCUT2D eigenvalue weighted by Gasteiger charge is 2.36. The fourth-order valence-corrected chi connectivity index (χ4v) is 5.85. The van der Waals surface area contributed by atoms with Crippen LogP contribution < -0.4 is 4.74 Å². The molecule has 0 heterocycles. The fourth-order valence-electron chi connectivity index (χ4n) is 5.85. The van der Waals surface area contributed by atoms with Crippen LogP contribution in [0, 0.1) is 41.2 Å². The highest BCUT2D eigenvalue weighted by atomic mass is 19.1. The van der Waals surface area contributed by atoms with Crippen molar-refractivity contribution in [3.63, 3.8) is 0 Å². The van der Waals surface area contributed by atoms with Gasteiger partial charge < -0.3 is 4.74 Å². The molecule has 4 unspecified atom stereocenters. The summed E-state index contributed by atoms with van der Waals surface area (Å²) >= 11 is 0. The number of methoxy groups -OCH3 is 1. The molecule has 2 aromatic rings. The van der Waals surface area contributed by atoms with Crippen LogP contribution >= 0.6 is 0 Å². The van der Waals surface area contributed by atoms with Gasteiger partial charge in [0.1, 0.15) is 5.82 Å². The van der Waals surface area contributed by atoms with Gasteiger partial charge in [0.15, 0.2) is 11.6 Å². The van der Waals surface area contributed by atoms with Crippen molar-refractivity contribution in [2.75, 3.05) is 7.11 Å². The number of ether oxygens (including phenoxy) is 1. The Balaban J connectivity index is 1.38. The summed E-state index contributed by atoms with van der Waals surface area (Å²) in [5, 5.41) is 0. The molecule has 4 rings (SSSR count). The minimum atomic E-state index is -0.451. The molecule has 33 heavy (non-hydrogen) atoms. The lowest BCUT2D eigenvalue weighted by Gasteiger charge is -2.42. The summed E-state index contributed by atoms with van der Waals surface area (Å²) in [6.07, 6.45) is 14.4. The Bertz CT molecular complexity index is 1040. The van der Waals surface area contributed by atoms with Gasteiger partial charge in [0, 0.05) is 11.1 Å². The van der Waals surface area contributed by atoms with Crippen molar-refractivity contribution in [3.8, 4) is 17.6 Å². The van der Waals surface area contributed by atoms with Gasteiger partial charge in [-0.3, -0.25) is 0 Å². The summed E-state index contributed by atoms with van der Waals surface area (Å²) in [5.74, 6) is 8.21. The highest BCUT2D eigenvalue weighted by Crippen LogP contribution is 2.48. The quantitative estimate of drug-likeness (QED) is 0.332. The molecule has 0 amide bonds. The van der Waals surface area contributed by atoms with E-state index in [-0.39, 0.29) is 11.6 Å². The van der Waals surface area contributed by atoms with E-state index in [1.165, 1.54) is 57.8 Å². The van der Waals surface area contributed by atoms with E-state index in [0.29, 0.717) is 17.0 Å². The number of hydrogen-bond donors (Lipinski definition) is 0. The first-order valence-corrected chi connectivity index (χ1v) is 12.3. The number of rotatable bonds is 5. The smallest absolute Gasteiger partial charge is 0.166 e. The van der Waals surface area contributed by atoms with E-state index in [1.54, 1.807) is 12.1 Å². The van der Waals surface area contributed by atoms with Crippen LogP contribution in [-0.2, 0) is 0 Å². The Labute approximate surface area is 197 Å². The number of benzene rings is 2. The SMILES string of the molecule is C/C=C/CCC1CCC2CC(c3ccc(C#Cc4ccc(OC)c(F)c4)cc3F)CCC2C1. The first kappa shape index (κ1) is 23.6. The third kappa shape index (κ3) is 5.85. The van der Waals surface area contributed by atoms with Gasteiger partial charge in [-0.1, -0.05) is 36.5 Å². The minimum absolute atomic E-state index is 0.161. The second kappa shape index (κ2) is 11.0. The Morgan fingerprint density at radius 2 is 1.61 bits per heavy atom. The third-order valence-electron chi connectivity index (χ3n) is 7.64. The zero-order chi connectivity index (χ0) is 23.2. The molecule has 0 spiro atoms. The Morgan fingerprint density at radius 1 is 0.909 bits per heavy atom. The second-order valence-electron chi connectivity index (χ2n) is 9.69. The summed E-state index contributed by atoms with van der Waals surface area (Å²) in [6, 6.07) is 9.94. The van der Waals surface area contributed by atoms with E-state index < -0.39 is 5.82 Å². The van der Waals surface area contributed by atoms with Crippen LogP contribution in [0.4, 0.5) is 8.78 Å². The van der Waals surface area contributed by atoms with Gasteiger partial charge in [0.2, 0.25) is 0 Å². The Morgan fingerprint density at radius 3 is 2.30 bits per heavy atom. The minimum Gasteiger partial charge on any atom is -0.494 e. The van der Waals surface area contributed by atoms with Crippen molar-refractivity contribution >= 4 is 0 Å². The molecule has 0 saturated heterocycles. The van der Waals surface area contributed by atoms with Crippen LogP contribution in [0.3, 0.4) is 0 Å². The number of halogens is 2. The average Bonchev–Trinajstić information content (AvgIpc) is 2.83. The van der Waals surface area contributed by atoms with Crippen molar-refractivity contribution in [2.24, 2.45) is 17.8 Å². The van der Waals surface area contributed by atoms with E-state index in [4.69, 9.17) is 4.74 Å². The molecule has 0 aliphatic heterocycles. The molecule has 2 aliphatic carbocycles. The summed E-state index contributed by atoms with van der Waals surface area (Å²) in [4.78, 5) is 0. The number of allylic oxidation sites excluding steroid dienone is 2. The normalized spacial score (nSPS) is 24.7. The van der Waals surface area contributed by atoms with Gasteiger partial charge in [0.05, 0.1) is 7.11 Å². The molecule has 0 N–H and O–H groups in total. The van der Waals surface area contributed by atoms with Crippen LogP contribution in [0.25, 0.3) is 0 Å². The molecule has 1 nitrogen and oxygen atoms in total. The lowest BCUT2D eigenvalue weighted by Crippen LogP contribution is -2.30. The molecular formula is C30H34F2O. The van der Waals surface area contributed by atoms with Crippen molar-refractivity contribution in [1.82, 2.24) is 0 Å². The topological polar surface area (TPSA) is 9.23 Å². The van der Waals surface area contributed by atoms with Crippen molar-refractivity contribution in [2.45, 2.75) is 64.2 Å². The molecule has 4 atom stereocenters. The van der Waals surface area contributed by atoms with Gasteiger partial charge in [0.25, 0.3) is 0 Å². The molecule has 0 radical (unpaired) electrons. The van der Waals surface area contributed by atoms with Crippen molar-refractivity contribution < 1.29 is 13.5 Å². The van der Waals surface area contributed by atoms with Crippen LogP contribution in [0.2, 0.25) is 0 Å². The predicted octanol–water partition coefficient (Wildman–Crippen LogP) is 8.03. The number of hydrogen-bond acceptors (Lipinski definition) is 1. The Hall–Kier alpha value is -2.60. The second-order valence-corrected chi connectivity index (χ2v) is 9.69. The molecule has 0 bridgehead atoms. The maximum atomic E-state index is 15.0. The number of fused-ring (bicyclic) bond motifs is 1. The van der Waals surface area contributed by atoms with Crippen molar-refractivity contribution in [1.29, 1.82) is 0 Å². The maximum Gasteiger partial charge on any atom is 0.166 e. The van der Waals surface area contributed by atoms with Gasteiger partial charge in [-0.25, -0.2) is 8.78 Å². The molecule has 3 heteroatoms. The molecule has 2 aliphatic rings. The summed E-state index contributed by atoms with van der Waals surface area (Å²) in [6.45, 7) is 2.10. The van der Waals surface area contributed by atoms with E-state index >= 15 is 4.39 Å². The van der Waals surface area contributed by atoms with Crippen LogP contribution in [0.15, 0.2) is 48.6 Å². The predicted molar refractivity (Wildman–Crippen MR) is 130 cm³/mol. The van der Waals surface area contributed by atoms with Gasteiger partial charge in [-0.05, 0) is 111 Å². The maximum absolute atomic E-state index is 15.0. The monoisotopic (exact) mass is 448 g/mol. The van der Waals surface area contributed by atoms with E-state index in [1.807, 2.05) is 12.1 Å². The molecular weight excluding hydrogens is 414 g/mol. The molecule has 2 saturated carbocycles. The highest BCUT2D eigenvalue weighted by molar-refractivity contribution is 5.46. The van der Waals surface area contributed by atoms with E-state index in [9.17, 15) is 4.39 Å². The van der Waals surface area contributed by atoms with Gasteiger partial charge >= 0.3 is 0 Å². The Kier molecular flexibility index (Phi) is 7.86. The fraction of sp³-hybridized carbons (Fsp3) is 0.467. The average molecular weight is 449 g/mol. The molecule has 174 valence electrons. The summed E-state index contributed by atoms with van der Waals surface area (Å²) in [5.41, 5.74) is 1.99. The lowest BCUT2D eigenvalue weighted by molar-refractivity contribution is 0.114. The van der Waals surface area contributed by atoms with Crippen LogP contribution in [-0.4, -0.2) is 7.11 Å². The first-order valence-electron chi connectivity index (χ1n) is 12.3. The standard InChI is InChI=1S/C30H34F2O/c1-3-4-5-6-21-9-12-25-20-26(14-13-24(25)17-21)27-15-10-22(18-28(27)31)7-8-23-11-16-30(33-2)29(32)19-23/h3-4,10-11,15-16,18-19,21,24-26H,5-6,9,12-14,17,20H2,1-2H3/b4-3+. The molecule has 0 aromatic heterocycles. The summed E-state index contributed by atoms with van der Waals surface area (Å²) in [7, 11) is 1.43. The first-order chi connectivity index (χ1) is 16.1.